The maximum absolute atomic E-state index is 5.66. The van der Waals surface area contributed by atoms with Gasteiger partial charge in [0.2, 0.25) is 0 Å². The van der Waals surface area contributed by atoms with Crippen LogP contribution in [0.3, 0.4) is 0 Å². The second kappa shape index (κ2) is 9.78. The number of hydrogen-bond acceptors (Lipinski definition) is 4. The highest BCUT2D eigenvalue weighted by Gasteiger charge is 2.04. The van der Waals surface area contributed by atoms with Crippen LogP contribution in [-0.4, -0.2) is 40.1 Å². The van der Waals surface area contributed by atoms with Crippen LogP contribution in [0.1, 0.15) is 25.5 Å². The van der Waals surface area contributed by atoms with Gasteiger partial charge in [0.25, 0.3) is 0 Å². The van der Waals surface area contributed by atoms with E-state index in [0.717, 1.165) is 12.3 Å². The molecule has 0 saturated carbocycles. The summed E-state index contributed by atoms with van der Waals surface area (Å²) in [5, 5.41) is 3.39. The van der Waals surface area contributed by atoms with E-state index in [0.29, 0.717) is 32.5 Å². The molecular formula is C15H25NO3. The number of nitrogens with one attached hydrogen (secondary N) is 1. The van der Waals surface area contributed by atoms with Gasteiger partial charge in [-0.25, -0.2) is 0 Å². The normalized spacial score (nSPS) is 12.4. The molecule has 1 N–H and O–H groups in total. The van der Waals surface area contributed by atoms with Gasteiger partial charge in [-0.05, 0) is 31.2 Å². The van der Waals surface area contributed by atoms with Crippen LogP contribution in [0.5, 0.6) is 5.75 Å². The van der Waals surface area contributed by atoms with Crippen molar-refractivity contribution >= 4 is 0 Å². The molecule has 1 aromatic carbocycles. The quantitative estimate of drug-likeness (QED) is 0.661. The smallest absolute Gasteiger partial charge is 0.119 e. The van der Waals surface area contributed by atoms with Gasteiger partial charge in [0.15, 0.2) is 0 Å². The molecule has 0 aliphatic heterocycles. The largest absolute Gasteiger partial charge is 0.491 e. The third-order valence-corrected chi connectivity index (χ3v) is 2.80. The lowest BCUT2D eigenvalue weighted by Gasteiger charge is -2.14. The minimum atomic E-state index is 0.339. The summed E-state index contributed by atoms with van der Waals surface area (Å²) >= 11 is 0. The van der Waals surface area contributed by atoms with Crippen molar-refractivity contribution in [1.82, 2.24) is 5.32 Å². The van der Waals surface area contributed by atoms with Crippen molar-refractivity contribution in [2.24, 2.45) is 0 Å². The zero-order chi connectivity index (χ0) is 13.9. The average Bonchev–Trinajstić information content (AvgIpc) is 2.43. The topological polar surface area (TPSA) is 39.7 Å². The SMILES string of the molecule is CCNC(C)c1cccc(OCCOCCOC)c1. The average molecular weight is 267 g/mol. The van der Waals surface area contributed by atoms with E-state index in [-0.39, 0.29) is 0 Å². The third-order valence-electron chi connectivity index (χ3n) is 2.80. The molecule has 0 spiro atoms. The molecule has 1 unspecified atom stereocenters. The standard InChI is InChI=1S/C15H25NO3/c1-4-16-13(2)14-6-5-7-15(12-14)19-11-10-18-9-8-17-3/h5-7,12-13,16H,4,8-11H2,1-3H3. The Morgan fingerprint density at radius 3 is 2.68 bits per heavy atom. The summed E-state index contributed by atoms with van der Waals surface area (Å²) < 4.78 is 15.9. The lowest BCUT2D eigenvalue weighted by molar-refractivity contribution is 0.0544. The fourth-order valence-electron chi connectivity index (χ4n) is 1.76. The van der Waals surface area contributed by atoms with E-state index in [1.54, 1.807) is 7.11 Å². The van der Waals surface area contributed by atoms with E-state index in [1.165, 1.54) is 5.56 Å². The van der Waals surface area contributed by atoms with Crippen molar-refractivity contribution in [2.45, 2.75) is 19.9 Å². The number of rotatable bonds is 10. The van der Waals surface area contributed by atoms with Gasteiger partial charge in [-0.2, -0.15) is 0 Å². The molecule has 108 valence electrons. The molecule has 0 fully saturated rings. The van der Waals surface area contributed by atoms with E-state index in [9.17, 15) is 0 Å². The Kier molecular flexibility index (Phi) is 8.21. The van der Waals surface area contributed by atoms with E-state index in [4.69, 9.17) is 14.2 Å². The number of methoxy groups -OCH3 is 1. The van der Waals surface area contributed by atoms with Gasteiger partial charge >= 0.3 is 0 Å². The summed E-state index contributed by atoms with van der Waals surface area (Å²) in [5.74, 6) is 0.887. The Morgan fingerprint density at radius 2 is 1.95 bits per heavy atom. The fourth-order valence-corrected chi connectivity index (χ4v) is 1.76. The molecule has 4 heteroatoms. The number of ether oxygens (including phenoxy) is 3. The van der Waals surface area contributed by atoms with E-state index in [1.807, 2.05) is 12.1 Å². The van der Waals surface area contributed by atoms with Gasteiger partial charge < -0.3 is 19.5 Å². The van der Waals surface area contributed by atoms with E-state index < -0.39 is 0 Å². The molecule has 1 rings (SSSR count). The molecule has 1 aromatic rings. The predicted octanol–water partition coefficient (Wildman–Crippen LogP) is 2.40. The minimum absolute atomic E-state index is 0.339. The first kappa shape index (κ1) is 16.0. The molecular weight excluding hydrogens is 242 g/mol. The van der Waals surface area contributed by atoms with Crippen LogP contribution in [0, 0.1) is 0 Å². The van der Waals surface area contributed by atoms with Gasteiger partial charge in [-0.15, -0.1) is 0 Å². The molecule has 1 atom stereocenters. The summed E-state index contributed by atoms with van der Waals surface area (Å²) in [7, 11) is 1.66. The van der Waals surface area contributed by atoms with Gasteiger partial charge in [0.1, 0.15) is 12.4 Å². The fraction of sp³-hybridized carbons (Fsp3) is 0.600. The highest BCUT2D eigenvalue weighted by molar-refractivity contribution is 5.30. The molecule has 0 bridgehead atoms. The number of hydrogen-bond donors (Lipinski definition) is 1. The monoisotopic (exact) mass is 267 g/mol. The summed E-state index contributed by atoms with van der Waals surface area (Å²) in [6.07, 6.45) is 0. The van der Waals surface area contributed by atoms with Crippen LogP contribution >= 0.6 is 0 Å². The van der Waals surface area contributed by atoms with Crippen LogP contribution in [-0.2, 0) is 9.47 Å². The predicted molar refractivity (Wildman–Crippen MR) is 76.7 cm³/mol. The zero-order valence-electron chi connectivity index (χ0n) is 12.1. The van der Waals surface area contributed by atoms with Gasteiger partial charge in [0.05, 0.1) is 19.8 Å². The molecule has 0 heterocycles. The van der Waals surface area contributed by atoms with Crippen LogP contribution in [0.15, 0.2) is 24.3 Å². The summed E-state index contributed by atoms with van der Waals surface area (Å²) in [4.78, 5) is 0. The number of benzene rings is 1. The first-order valence-corrected chi connectivity index (χ1v) is 6.80. The third kappa shape index (κ3) is 6.57. The van der Waals surface area contributed by atoms with E-state index >= 15 is 0 Å². The first-order valence-electron chi connectivity index (χ1n) is 6.80. The lowest BCUT2D eigenvalue weighted by Crippen LogP contribution is -2.17. The molecule has 0 radical (unpaired) electrons. The summed E-state index contributed by atoms with van der Waals surface area (Å²) in [6.45, 7) is 7.58. The minimum Gasteiger partial charge on any atom is -0.491 e. The van der Waals surface area contributed by atoms with Crippen LogP contribution in [0.2, 0.25) is 0 Å². The van der Waals surface area contributed by atoms with Crippen LogP contribution in [0.25, 0.3) is 0 Å². The lowest BCUT2D eigenvalue weighted by atomic mass is 10.1. The molecule has 4 nitrogen and oxygen atoms in total. The molecule has 0 aromatic heterocycles. The van der Waals surface area contributed by atoms with Gasteiger partial charge in [0, 0.05) is 13.2 Å². The highest BCUT2D eigenvalue weighted by Crippen LogP contribution is 2.18. The van der Waals surface area contributed by atoms with Crippen molar-refractivity contribution in [2.75, 3.05) is 40.1 Å². The highest BCUT2D eigenvalue weighted by atomic mass is 16.5. The summed E-state index contributed by atoms with van der Waals surface area (Å²) in [5.41, 5.74) is 1.24. The molecule has 19 heavy (non-hydrogen) atoms. The first-order chi connectivity index (χ1) is 9.27. The Hall–Kier alpha value is -1.10. The second-order valence-corrected chi connectivity index (χ2v) is 4.31. The van der Waals surface area contributed by atoms with Crippen molar-refractivity contribution in [3.63, 3.8) is 0 Å². The van der Waals surface area contributed by atoms with Crippen LogP contribution in [0.4, 0.5) is 0 Å². The Morgan fingerprint density at radius 1 is 1.16 bits per heavy atom. The second-order valence-electron chi connectivity index (χ2n) is 4.31. The Labute approximate surface area is 116 Å². The van der Waals surface area contributed by atoms with Crippen molar-refractivity contribution < 1.29 is 14.2 Å². The van der Waals surface area contributed by atoms with Gasteiger partial charge in [-0.3, -0.25) is 0 Å². The van der Waals surface area contributed by atoms with Gasteiger partial charge in [-0.1, -0.05) is 19.1 Å². The maximum Gasteiger partial charge on any atom is 0.119 e. The Bertz CT molecular complexity index is 344. The maximum atomic E-state index is 5.66. The van der Waals surface area contributed by atoms with Crippen molar-refractivity contribution in [3.05, 3.63) is 29.8 Å². The van der Waals surface area contributed by atoms with Crippen molar-refractivity contribution in [1.29, 1.82) is 0 Å². The molecule has 0 aliphatic carbocycles. The summed E-state index contributed by atoms with van der Waals surface area (Å²) in [6, 6.07) is 8.51. The molecule has 0 saturated heterocycles. The van der Waals surface area contributed by atoms with Crippen molar-refractivity contribution in [3.8, 4) is 5.75 Å². The zero-order valence-corrected chi connectivity index (χ0v) is 12.1. The van der Waals surface area contributed by atoms with E-state index in [2.05, 4.69) is 31.3 Å². The molecule has 0 amide bonds. The van der Waals surface area contributed by atoms with Crippen LogP contribution < -0.4 is 10.1 Å². The Balaban J connectivity index is 2.31. The molecule has 0 aliphatic rings.